The van der Waals surface area contributed by atoms with Gasteiger partial charge in [-0.15, -0.1) is 4.33 Å². The molecule has 17 heteroatoms. The highest BCUT2D eigenvalue weighted by Gasteiger charge is 2.34. The van der Waals surface area contributed by atoms with Crippen LogP contribution in [0.25, 0.3) is 0 Å². The lowest BCUT2D eigenvalue weighted by atomic mass is 10.1. The maximum absolute atomic E-state index is 12.7. The van der Waals surface area contributed by atoms with Crippen LogP contribution in [0.3, 0.4) is 0 Å². The highest BCUT2D eigenvalue weighted by atomic mass is 32.2. The zero-order valence-corrected chi connectivity index (χ0v) is 23.1. The summed E-state index contributed by atoms with van der Waals surface area (Å²) in [5.41, 5.74) is 1.74. The number of anilines is 6. The van der Waals surface area contributed by atoms with Crippen molar-refractivity contribution in [2.45, 2.75) is 16.7 Å². The van der Waals surface area contributed by atoms with Crippen LogP contribution in [0, 0.1) is 0 Å². The number of hydrogen-bond donors (Lipinski definition) is 5. The van der Waals surface area contributed by atoms with E-state index in [1.54, 1.807) is 43.3 Å². The summed E-state index contributed by atoms with van der Waals surface area (Å²) in [4.78, 5) is 39.6. The highest BCUT2D eigenvalue weighted by Crippen LogP contribution is 2.29. The molecule has 5 rings (SSSR count). The van der Waals surface area contributed by atoms with E-state index in [1.807, 2.05) is 0 Å². The predicted molar refractivity (Wildman–Crippen MR) is 151 cm³/mol. The molecule has 0 aliphatic carbocycles. The lowest BCUT2D eigenvalue weighted by Gasteiger charge is -2.12. The molecule has 1 aromatic heterocycles. The average Bonchev–Trinajstić information content (AvgIpc) is 3.19. The first-order valence-corrected chi connectivity index (χ1v) is 14.2. The van der Waals surface area contributed by atoms with Gasteiger partial charge in [-0.3, -0.25) is 19.0 Å². The smallest absolute Gasteiger partial charge is 0.294 e. The van der Waals surface area contributed by atoms with Crippen molar-refractivity contribution in [1.29, 1.82) is 0 Å². The van der Waals surface area contributed by atoms with Crippen molar-refractivity contribution in [3.8, 4) is 0 Å². The van der Waals surface area contributed by atoms with Gasteiger partial charge in [-0.05, 0) is 61.5 Å². The SMILES string of the molecule is CCN1C(=O)c2ccc(Nc3nc(Nc4cccc(SOOO)c4)nc(Nc4cccc(S(=O)(=O)O)c4)n3)cc2C1=O. The summed E-state index contributed by atoms with van der Waals surface area (Å²) in [6.45, 7) is 1.95. The van der Waals surface area contributed by atoms with Gasteiger partial charge >= 0.3 is 0 Å². The highest BCUT2D eigenvalue weighted by molar-refractivity contribution is 7.94. The minimum Gasteiger partial charge on any atom is -0.324 e. The molecule has 0 radical (unpaired) electrons. The summed E-state index contributed by atoms with van der Waals surface area (Å²) in [5.74, 6) is -0.687. The van der Waals surface area contributed by atoms with E-state index in [1.165, 1.54) is 30.3 Å². The van der Waals surface area contributed by atoms with Gasteiger partial charge in [0.1, 0.15) is 0 Å². The molecule has 0 saturated carbocycles. The number of amides is 2. The number of fused-ring (bicyclic) bond motifs is 1. The van der Waals surface area contributed by atoms with Gasteiger partial charge in [0, 0.05) is 28.5 Å². The third-order valence-electron chi connectivity index (χ3n) is 5.82. The zero-order valence-electron chi connectivity index (χ0n) is 21.5. The molecule has 0 saturated heterocycles. The molecule has 0 unspecified atom stereocenters. The standard InChI is InChI=1S/C25H21N7O8S2/c1-2-32-21(33)19-10-9-16(13-20(19)22(32)34)28-25-30-23(26-14-5-3-7-17(11-14)41-40-39-35)29-24(31-25)27-15-6-4-8-18(12-15)42(36,37)38/h3-13,35H,2H2,1H3,(H,36,37,38)(H3,26,27,28,29,30,31). The van der Waals surface area contributed by atoms with Crippen LogP contribution in [-0.2, 0) is 19.5 Å². The van der Waals surface area contributed by atoms with E-state index in [9.17, 15) is 22.6 Å². The van der Waals surface area contributed by atoms with E-state index in [0.29, 0.717) is 21.8 Å². The van der Waals surface area contributed by atoms with Crippen molar-refractivity contribution in [1.82, 2.24) is 19.9 Å². The molecule has 0 bridgehead atoms. The largest absolute Gasteiger partial charge is 0.324 e. The Balaban J connectivity index is 1.48. The Kier molecular flexibility index (Phi) is 8.29. The van der Waals surface area contributed by atoms with E-state index in [-0.39, 0.29) is 46.4 Å². The molecular weight excluding hydrogens is 590 g/mol. The molecular formula is C25H21N7O8S2. The third-order valence-corrected chi connectivity index (χ3v) is 7.24. The van der Waals surface area contributed by atoms with E-state index in [2.05, 4.69) is 40.3 Å². The summed E-state index contributed by atoms with van der Waals surface area (Å²) in [6.07, 6.45) is 0. The number of aromatic nitrogens is 3. The zero-order chi connectivity index (χ0) is 29.9. The second-order valence-corrected chi connectivity index (χ2v) is 10.7. The molecule has 2 amide bonds. The molecule has 3 aromatic carbocycles. The number of rotatable bonds is 11. The van der Waals surface area contributed by atoms with Crippen LogP contribution in [0.4, 0.5) is 34.9 Å². The summed E-state index contributed by atoms with van der Waals surface area (Å²) in [5, 5.41) is 21.0. The number of nitrogens with zero attached hydrogens (tertiary/aromatic N) is 4. The quantitative estimate of drug-likeness (QED) is 0.0524. The van der Waals surface area contributed by atoms with Crippen molar-refractivity contribution in [2.24, 2.45) is 0 Å². The number of benzene rings is 3. The van der Waals surface area contributed by atoms with Gasteiger partial charge in [-0.1, -0.05) is 17.2 Å². The average molecular weight is 612 g/mol. The van der Waals surface area contributed by atoms with Gasteiger partial charge in [-0.2, -0.15) is 23.4 Å². The van der Waals surface area contributed by atoms with Crippen LogP contribution in [0.5, 0.6) is 0 Å². The first-order chi connectivity index (χ1) is 20.1. The van der Waals surface area contributed by atoms with E-state index >= 15 is 0 Å². The molecule has 0 fully saturated rings. The topological polar surface area (TPSA) is 205 Å². The number of hydrogen-bond acceptors (Lipinski definition) is 14. The molecule has 0 spiro atoms. The van der Waals surface area contributed by atoms with Crippen molar-refractivity contribution in [3.05, 3.63) is 77.9 Å². The minimum absolute atomic E-state index is 0.00500. The Bertz CT molecular complexity index is 1790. The first-order valence-electron chi connectivity index (χ1n) is 12.0. The second kappa shape index (κ2) is 12.1. The van der Waals surface area contributed by atoms with Crippen LogP contribution in [0.1, 0.15) is 27.6 Å². The number of carbonyl (C=O) groups is 2. The third kappa shape index (κ3) is 6.46. The molecule has 1 aliphatic heterocycles. The lowest BCUT2D eigenvalue weighted by molar-refractivity contribution is -0.432. The van der Waals surface area contributed by atoms with Gasteiger partial charge in [0.25, 0.3) is 21.9 Å². The predicted octanol–water partition coefficient (Wildman–Crippen LogP) is 4.39. The summed E-state index contributed by atoms with van der Waals surface area (Å²) in [7, 11) is -4.46. The molecule has 0 atom stereocenters. The number of nitrogens with one attached hydrogen (secondary N) is 3. The molecule has 4 aromatic rings. The number of carbonyl (C=O) groups excluding carboxylic acids is 2. The van der Waals surface area contributed by atoms with Crippen LogP contribution < -0.4 is 16.0 Å². The summed E-state index contributed by atoms with van der Waals surface area (Å²) >= 11 is 0.755. The van der Waals surface area contributed by atoms with E-state index in [4.69, 9.17) is 5.26 Å². The van der Waals surface area contributed by atoms with Crippen molar-refractivity contribution in [3.63, 3.8) is 0 Å². The van der Waals surface area contributed by atoms with Gasteiger partial charge in [0.2, 0.25) is 17.8 Å². The Morgan fingerprint density at radius 2 is 1.38 bits per heavy atom. The van der Waals surface area contributed by atoms with Crippen LogP contribution in [-0.4, -0.2) is 56.4 Å². The minimum atomic E-state index is -4.46. The molecule has 216 valence electrons. The molecule has 15 nitrogen and oxygen atoms in total. The Hall–Kier alpha value is -4.65. The van der Waals surface area contributed by atoms with Crippen LogP contribution in [0.2, 0.25) is 0 Å². The Labute approximate surface area is 242 Å². The molecule has 2 heterocycles. The van der Waals surface area contributed by atoms with Crippen molar-refractivity contribution < 1.29 is 37.2 Å². The summed E-state index contributed by atoms with van der Waals surface area (Å²) in [6, 6.07) is 16.8. The van der Waals surface area contributed by atoms with Gasteiger partial charge in [-0.25, -0.2) is 5.26 Å². The fourth-order valence-corrected chi connectivity index (χ4v) is 4.95. The molecule has 42 heavy (non-hydrogen) atoms. The van der Waals surface area contributed by atoms with Crippen LogP contribution in [0.15, 0.2) is 76.5 Å². The molecule has 1 aliphatic rings. The normalized spacial score (nSPS) is 12.8. The monoisotopic (exact) mass is 611 g/mol. The van der Waals surface area contributed by atoms with E-state index in [0.717, 1.165) is 16.9 Å². The summed E-state index contributed by atoms with van der Waals surface area (Å²) < 4.78 is 37.1. The van der Waals surface area contributed by atoms with Crippen molar-refractivity contribution in [2.75, 3.05) is 22.5 Å². The van der Waals surface area contributed by atoms with Gasteiger partial charge < -0.3 is 16.0 Å². The molecule has 5 N–H and O–H groups in total. The number of imide groups is 1. The van der Waals surface area contributed by atoms with Crippen molar-refractivity contribution >= 4 is 68.9 Å². The van der Waals surface area contributed by atoms with Gasteiger partial charge in [0.05, 0.1) is 28.1 Å². The maximum atomic E-state index is 12.7. The van der Waals surface area contributed by atoms with E-state index < -0.39 is 16.0 Å². The first kappa shape index (κ1) is 28.9. The van der Waals surface area contributed by atoms with Gasteiger partial charge in [0.15, 0.2) is 0 Å². The lowest BCUT2D eigenvalue weighted by Crippen LogP contribution is -2.29. The maximum Gasteiger partial charge on any atom is 0.294 e. The van der Waals surface area contributed by atoms with Crippen LogP contribution >= 0.6 is 12.0 Å². The fourth-order valence-electron chi connectivity index (χ4n) is 4.00. The fraction of sp³-hybridized carbons (Fsp3) is 0.0800. The second-order valence-electron chi connectivity index (χ2n) is 8.55. The Morgan fingerprint density at radius 1 is 0.810 bits per heavy atom. The Morgan fingerprint density at radius 3 is 1.98 bits per heavy atom.